The average molecular weight is 331 g/mol. The Morgan fingerprint density at radius 2 is 1.05 bits per heavy atom. The highest BCUT2D eigenvalue weighted by Gasteiger charge is 2.06. The third-order valence-electron chi connectivity index (χ3n) is 3.24. The van der Waals surface area contributed by atoms with Crippen molar-refractivity contribution in [2.45, 2.75) is 13.1 Å². The minimum absolute atomic E-state index is 0.750. The van der Waals surface area contributed by atoms with Gasteiger partial charge in [-0.2, -0.15) is 0 Å². The van der Waals surface area contributed by atoms with Gasteiger partial charge in [-0.1, -0.05) is 72.0 Å². The number of nitrogens with zero attached hydrogens (tertiary/aromatic N) is 2. The van der Waals surface area contributed by atoms with Crippen LogP contribution in [0.2, 0.25) is 0 Å². The first-order valence-corrected chi connectivity index (χ1v) is 8.26. The van der Waals surface area contributed by atoms with Crippen LogP contribution in [0.1, 0.15) is 11.1 Å². The van der Waals surface area contributed by atoms with Gasteiger partial charge in [0.25, 0.3) is 0 Å². The normalized spacial score (nSPS) is 10.7. The molecule has 21 heavy (non-hydrogen) atoms. The molecule has 0 unspecified atom stereocenters. The van der Waals surface area contributed by atoms with Crippen molar-refractivity contribution < 1.29 is 0 Å². The third kappa shape index (κ3) is 3.37. The van der Waals surface area contributed by atoms with E-state index in [0.717, 1.165) is 21.0 Å². The van der Waals surface area contributed by atoms with Gasteiger partial charge in [0.15, 0.2) is 7.91 Å². The van der Waals surface area contributed by atoms with Crippen LogP contribution in [0.25, 0.3) is 0 Å². The maximum atomic E-state index is 5.47. The SMILES string of the molecule is S=c1sc(=S)n(Cc2ccccc2)n1Cc1ccccc1. The monoisotopic (exact) mass is 330 g/mol. The van der Waals surface area contributed by atoms with Crippen LogP contribution in [0.4, 0.5) is 0 Å². The molecule has 5 heteroatoms. The Kier molecular flexibility index (Phi) is 4.43. The molecule has 1 aromatic heterocycles. The fraction of sp³-hybridized carbons (Fsp3) is 0.125. The van der Waals surface area contributed by atoms with Crippen LogP contribution in [0.5, 0.6) is 0 Å². The van der Waals surface area contributed by atoms with E-state index in [1.807, 2.05) is 36.4 Å². The molecule has 0 aliphatic rings. The largest absolute Gasteiger partial charge is 0.260 e. The summed E-state index contributed by atoms with van der Waals surface area (Å²) in [5.41, 5.74) is 2.45. The van der Waals surface area contributed by atoms with Gasteiger partial charge in [0.05, 0.1) is 13.1 Å². The molecule has 3 rings (SSSR count). The molecule has 106 valence electrons. The van der Waals surface area contributed by atoms with Gasteiger partial charge in [-0.25, -0.2) is 0 Å². The van der Waals surface area contributed by atoms with E-state index < -0.39 is 0 Å². The number of rotatable bonds is 4. The molecule has 0 amide bonds. The molecule has 2 aromatic carbocycles. The van der Waals surface area contributed by atoms with Gasteiger partial charge in [-0.05, 0) is 35.6 Å². The maximum absolute atomic E-state index is 5.47. The van der Waals surface area contributed by atoms with E-state index in [4.69, 9.17) is 24.4 Å². The summed E-state index contributed by atoms with van der Waals surface area (Å²) in [6, 6.07) is 20.6. The zero-order valence-electron chi connectivity index (χ0n) is 11.3. The Hall–Kier alpha value is -1.56. The second-order valence-corrected chi connectivity index (χ2v) is 6.99. The fourth-order valence-electron chi connectivity index (χ4n) is 2.19. The molecule has 0 aliphatic heterocycles. The molecule has 0 atom stereocenters. The third-order valence-corrected chi connectivity index (χ3v) is 4.93. The molecule has 0 spiro atoms. The van der Waals surface area contributed by atoms with Crippen LogP contribution in [0.3, 0.4) is 0 Å². The Morgan fingerprint density at radius 3 is 1.43 bits per heavy atom. The topological polar surface area (TPSA) is 9.86 Å². The first-order chi connectivity index (χ1) is 10.2. The standard InChI is InChI=1S/C16H14N2S3/c19-15-17(11-13-7-3-1-4-8-13)18(16(20)21-15)12-14-9-5-2-6-10-14/h1-10H,11-12H2. The molecule has 3 aromatic rings. The van der Waals surface area contributed by atoms with E-state index in [1.54, 1.807) is 0 Å². The van der Waals surface area contributed by atoms with Gasteiger partial charge in [0, 0.05) is 0 Å². The smallest absolute Gasteiger partial charge is 0.178 e. The van der Waals surface area contributed by atoms with Crippen molar-refractivity contribution in [2.24, 2.45) is 0 Å². The summed E-state index contributed by atoms with van der Waals surface area (Å²) in [5.74, 6) is 0. The van der Waals surface area contributed by atoms with E-state index in [1.165, 1.54) is 22.5 Å². The minimum atomic E-state index is 0.750. The predicted molar refractivity (Wildman–Crippen MR) is 93.1 cm³/mol. The van der Waals surface area contributed by atoms with Crippen LogP contribution in [-0.2, 0) is 13.1 Å². The summed E-state index contributed by atoms with van der Waals surface area (Å²) < 4.78 is 5.81. The lowest BCUT2D eigenvalue weighted by molar-refractivity contribution is 0.505. The summed E-state index contributed by atoms with van der Waals surface area (Å²) in [6.07, 6.45) is 0. The number of hydrogen-bond acceptors (Lipinski definition) is 3. The van der Waals surface area contributed by atoms with E-state index in [0.29, 0.717) is 0 Å². The van der Waals surface area contributed by atoms with Crippen molar-refractivity contribution in [3.05, 3.63) is 79.7 Å². The zero-order valence-corrected chi connectivity index (χ0v) is 13.8. The lowest BCUT2D eigenvalue weighted by Crippen LogP contribution is -2.15. The highest BCUT2D eigenvalue weighted by atomic mass is 32.2. The first kappa shape index (κ1) is 14.4. The van der Waals surface area contributed by atoms with Gasteiger partial charge < -0.3 is 0 Å². The zero-order chi connectivity index (χ0) is 14.7. The Balaban J connectivity index is 1.97. The summed E-state index contributed by atoms with van der Waals surface area (Å²) >= 11 is 12.4. The van der Waals surface area contributed by atoms with E-state index in [2.05, 4.69) is 33.6 Å². The first-order valence-electron chi connectivity index (χ1n) is 6.62. The van der Waals surface area contributed by atoms with Gasteiger partial charge in [0.1, 0.15) is 0 Å². The average Bonchev–Trinajstić information content (AvgIpc) is 2.76. The van der Waals surface area contributed by atoms with Crippen molar-refractivity contribution in [3.8, 4) is 0 Å². The van der Waals surface area contributed by atoms with E-state index in [-0.39, 0.29) is 0 Å². The van der Waals surface area contributed by atoms with Gasteiger partial charge in [-0.3, -0.25) is 9.36 Å². The predicted octanol–water partition coefficient (Wildman–Crippen LogP) is 4.91. The molecular formula is C16H14N2S3. The van der Waals surface area contributed by atoms with E-state index >= 15 is 0 Å². The number of aromatic nitrogens is 2. The highest BCUT2D eigenvalue weighted by molar-refractivity contribution is 7.75. The second-order valence-electron chi connectivity index (χ2n) is 4.72. The molecule has 0 saturated heterocycles. The van der Waals surface area contributed by atoms with Crippen LogP contribution >= 0.6 is 35.8 Å². The lowest BCUT2D eigenvalue weighted by Gasteiger charge is -2.12. The summed E-state index contributed by atoms with van der Waals surface area (Å²) in [7, 11) is 0. The molecule has 0 radical (unpaired) electrons. The van der Waals surface area contributed by atoms with Crippen molar-refractivity contribution in [3.63, 3.8) is 0 Å². The van der Waals surface area contributed by atoms with Crippen LogP contribution in [-0.4, -0.2) is 9.36 Å². The molecular weight excluding hydrogens is 316 g/mol. The van der Waals surface area contributed by atoms with Crippen LogP contribution < -0.4 is 0 Å². The quantitative estimate of drug-likeness (QED) is 0.629. The summed E-state index contributed by atoms with van der Waals surface area (Å²) in [4.78, 5) is 0. The summed E-state index contributed by atoms with van der Waals surface area (Å²) in [5, 5.41) is 0. The highest BCUT2D eigenvalue weighted by Crippen LogP contribution is 2.14. The van der Waals surface area contributed by atoms with Crippen molar-refractivity contribution in [1.29, 1.82) is 0 Å². The van der Waals surface area contributed by atoms with E-state index in [9.17, 15) is 0 Å². The van der Waals surface area contributed by atoms with Crippen molar-refractivity contribution >= 4 is 35.8 Å². The lowest BCUT2D eigenvalue weighted by atomic mass is 10.2. The second kappa shape index (κ2) is 6.47. The molecule has 2 nitrogen and oxygen atoms in total. The van der Waals surface area contributed by atoms with Gasteiger partial charge in [0.2, 0.25) is 0 Å². The van der Waals surface area contributed by atoms with Crippen molar-refractivity contribution in [1.82, 2.24) is 9.36 Å². The Labute approximate surface area is 137 Å². The number of benzene rings is 2. The van der Waals surface area contributed by atoms with Crippen molar-refractivity contribution in [2.75, 3.05) is 0 Å². The molecule has 0 N–H and O–H groups in total. The van der Waals surface area contributed by atoms with Gasteiger partial charge >= 0.3 is 0 Å². The molecule has 0 saturated carbocycles. The van der Waals surface area contributed by atoms with Crippen LogP contribution in [0.15, 0.2) is 60.7 Å². The number of hydrogen-bond donors (Lipinski definition) is 0. The Morgan fingerprint density at radius 1 is 0.667 bits per heavy atom. The fourth-order valence-corrected chi connectivity index (χ4v) is 3.83. The molecule has 1 heterocycles. The van der Waals surface area contributed by atoms with Crippen LogP contribution in [0, 0.1) is 7.91 Å². The Bertz CT molecular complexity index is 759. The summed E-state index contributed by atoms with van der Waals surface area (Å²) in [6.45, 7) is 1.50. The molecule has 0 fully saturated rings. The molecule has 0 aliphatic carbocycles. The molecule has 0 bridgehead atoms. The maximum Gasteiger partial charge on any atom is 0.178 e. The van der Waals surface area contributed by atoms with Gasteiger partial charge in [-0.15, -0.1) is 0 Å². The minimum Gasteiger partial charge on any atom is -0.260 e.